The van der Waals surface area contributed by atoms with E-state index in [1.165, 1.54) is 11.3 Å². The first-order valence-electron chi connectivity index (χ1n) is 9.34. The number of aromatic nitrogens is 3. The van der Waals surface area contributed by atoms with Gasteiger partial charge in [0, 0.05) is 36.1 Å². The van der Waals surface area contributed by atoms with Crippen molar-refractivity contribution in [3.05, 3.63) is 47.6 Å². The Balaban J connectivity index is 1.38. The SMILES string of the molecule is COc1ccccc1-c1cc(C(=O)N2CCC(C(=O)Nc3nccs3)CC2)[nH]n1. The first-order valence-corrected chi connectivity index (χ1v) is 10.2. The Morgan fingerprint density at radius 1 is 1.28 bits per heavy atom. The number of hydrogen-bond donors (Lipinski definition) is 2. The third-order valence-corrected chi connectivity index (χ3v) is 5.70. The summed E-state index contributed by atoms with van der Waals surface area (Å²) >= 11 is 1.39. The molecule has 0 saturated carbocycles. The lowest BCUT2D eigenvalue weighted by Gasteiger charge is -2.30. The lowest BCUT2D eigenvalue weighted by Crippen LogP contribution is -2.41. The summed E-state index contributed by atoms with van der Waals surface area (Å²) in [7, 11) is 1.60. The molecule has 9 heteroatoms. The average molecular weight is 411 g/mol. The molecular formula is C20H21N5O3S. The largest absolute Gasteiger partial charge is 0.496 e. The van der Waals surface area contributed by atoms with Gasteiger partial charge >= 0.3 is 0 Å². The van der Waals surface area contributed by atoms with E-state index in [4.69, 9.17) is 4.74 Å². The summed E-state index contributed by atoms with van der Waals surface area (Å²) in [6.07, 6.45) is 2.90. The van der Waals surface area contributed by atoms with Crippen molar-refractivity contribution in [2.75, 3.05) is 25.5 Å². The van der Waals surface area contributed by atoms with Crippen molar-refractivity contribution in [3.63, 3.8) is 0 Å². The average Bonchev–Trinajstić information content (AvgIpc) is 3.45. The number of likely N-dealkylation sites (tertiary alicyclic amines) is 1. The summed E-state index contributed by atoms with van der Waals surface area (Å²) in [5, 5.41) is 12.4. The summed E-state index contributed by atoms with van der Waals surface area (Å²) in [6.45, 7) is 1.05. The van der Waals surface area contributed by atoms with Gasteiger partial charge in [-0.05, 0) is 31.0 Å². The van der Waals surface area contributed by atoms with Crippen molar-refractivity contribution in [3.8, 4) is 17.0 Å². The highest BCUT2D eigenvalue weighted by atomic mass is 32.1. The number of piperidine rings is 1. The van der Waals surface area contributed by atoms with E-state index in [-0.39, 0.29) is 17.7 Å². The number of anilines is 1. The minimum absolute atomic E-state index is 0.0351. The van der Waals surface area contributed by atoms with Crippen LogP contribution >= 0.6 is 11.3 Å². The zero-order valence-electron chi connectivity index (χ0n) is 15.9. The van der Waals surface area contributed by atoms with Crippen LogP contribution in [-0.2, 0) is 4.79 Å². The fraction of sp³-hybridized carbons (Fsp3) is 0.300. The lowest BCUT2D eigenvalue weighted by atomic mass is 9.96. The van der Waals surface area contributed by atoms with Crippen LogP contribution in [0.25, 0.3) is 11.3 Å². The van der Waals surface area contributed by atoms with Crippen molar-refractivity contribution >= 4 is 28.3 Å². The van der Waals surface area contributed by atoms with E-state index in [9.17, 15) is 9.59 Å². The first kappa shape index (κ1) is 19.1. The molecule has 2 N–H and O–H groups in total. The van der Waals surface area contributed by atoms with Gasteiger partial charge in [-0.3, -0.25) is 14.7 Å². The summed E-state index contributed by atoms with van der Waals surface area (Å²) < 4.78 is 5.37. The summed E-state index contributed by atoms with van der Waals surface area (Å²) in [6, 6.07) is 9.27. The summed E-state index contributed by atoms with van der Waals surface area (Å²) in [5.41, 5.74) is 1.91. The van der Waals surface area contributed by atoms with Gasteiger partial charge in [0.25, 0.3) is 5.91 Å². The molecule has 3 heterocycles. The van der Waals surface area contributed by atoms with Crippen LogP contribution in [0.5, 0.6) is 5.75 Å². The Bertz CT molecular complexity index is 993. The molecule has 1 aliphatic heterocycles. The Hall–Kier alpha value is -3.20. The maximum Gasteiger partial charge on any atom is 0.271 e. The fourth-order valence-corrected chi connectivity index (χ4v) is 3.97. The van der Waals surface area contributed by atoms with Crippen molar-refractivity contribution in [2.24, 2.45) is 5.92 Å². The van der Waals surface area contributed by atoms with Gasteiger partial charge in [-0.1, -0.05) is 12.1 Å². The van der Waals surface area contributed by atoms with Crippen LogP contribution in [0.15, 0.2) is 41.9 Å². The maximum atomic E-state index is 12.8. The topological polar surface area (TPSA) is 100 Å². The number of ether oxygens (including phenoxy) is 1. The Labute approximate surface area is 171 Å². The van der Waals surface area contributed by atoms with Crippen LogP contribution in [0.2, 0.25) is 0 Å². The predicted octanol–water partition coefficient (Wildman–Crippen LogP) is 3.03. The van der Waals surface area contributed by atoms with Crippen LogP contribution in [-0.4, -0.2) is 52.1 Å². The summed E-state index contributed by atoms with van der Waals surface area (Å²) in [4.78, 5) is 31.0. The zero-order chi connectivity index (χ0) is 20.2. The van der Waals surface area contributed by atoms with Gasteiger partial charge in [0.15, 0.2) is 5.13 Å². The van der Waals surface area contributed by atoms with Gasteiger partial charge in [-0.2, -0.15) is 5.10 Å². The molecule has 0 bridgehead atoms. The molecule has 2 amide bonds. The first-order chi connectivity index (χ1) is 14.2. The number of nitrogens with one attached hydrogen (secondary N) is 2. The van der Waals surface area contributed by atoms with Crippen LogP contribution in [0.4, 0.5) is 5.13 Å². The van der Waals surface area contributed by atoms with Crippen molar-refractivity contribution in [1.29, 1.82) is 0 Å². The number of carbonyl (C=O) groups is 2. The standard InChI is InChI=1S/C20H21N5O3S/c1-28-17-5-3-2-4-14(17)15-12-16(24-23-15)19(27)25-9-6-13(7-10-25)18(26)22-20-21-8-11-29-20/h2-5,8,11-13H,6-7,9-10H2,1H3,(H,23,24)(H,21,22,26). The second kappa shape index (κ2) is 8.44. The van der Waals surface area contributed by atoms with Crippen molar-refractivity contribution in [1.82, 2.24) is 20.1 Å². The van der Waals surface area contributed by atoms with Crippen molar-refractivity contribution < 1.29 is 14.3 Å². The molecule has 2 aromatic heterocycles. The Kier molecular flexibility index (Phi) is 5.57. The van der Waals surface area contributed by atoms with E-state index in [0.717, 1.165) is 5.56 Å². The number of amides is 2. The second-order valence-electron chi connectivity index (χ2n) is 6.76. The third-order valence-electron chi connectivity index (χ3n) is 5.01. The molecule has 0 atom stereocenters. The molecule has 0 spiro atoms. The molecule has 1 fully saturated rings. The number of para-hydroxylation sites is 1. The molecule has 1 aliphatic rings. The van der Waals surface area contributed by atoms with Crippen LogP contribution in [0.1, 0.15) is 23.3 Å². The number of nitrogens with zero attached hydrogens (tertiary/aromatic N) is 3. The molecule has 0 radical (unpaired) electrons. The molecule has 29 heavy (non-hydrogen) atoms. The zero-order valence-corrected chi connectivity index (χ0v) is 16.7. The highest BCUT2D eigenvalue weighted by molar-refractivity contribution is 7.13. The summed E-state index contributed by atoms with van der Waals surface area (Å²) in [5.74, 6) is 0.434. The van der Waals surface area contributed by atoms with Gasteiger partial charge in [-0.25, -0.2) is 4.98 Å². The number of aromatic amines is 1. The second-order valence-corrected chi connectivity index (χ2v) is 7.65. The van der Waals surface area contributed by atoms with Crippen LogP contribution in [0, 0.1) is 5.92 Å². The number of carbonyl (C=O) groups excluding carboxylic acids is 2. The minimum Gasteiger partial charge on any atom is -0.496 e. The fourth-order valence-electron chi connectivity index (χ4n) is 3.43. The smallest absolute Gasteiger partial charge is 0.271 e. The normalized spacial score (nSPS) is 14.6. The van der Waals surface area contributed by atoms with E-state index < -0.39 is 0 Å². The van der Waals surface area contributed by atoms with E-state index >= 15 is 0 Å². The van der Waals surface area contributed by atoms with Gasteiger partial charge in [0.2, 0.25) is 5.91 Å². The van der Waals surface area contributed by atoms with E-state index in [1.54, 1.807) is 24.3 Å². The van der Waals surface area contributed by atoms with Gasteiger partial charge in [-0.15, -0.1) is 11.3 Å². The van der Waals surface area contributed by atoms with Crippen molar-refractivity contribution in [2.45, 2.75) is 12.8 Å². The van der Waals surface area contributed by atoms with Gasteiger partial charge < -0.3 is 15.0 Å². The molecule has 8 nitrogen and oxygen atoms in total. The number of thiazole rings is 1. The van der Waals surface area contributed by atoms with E-state index in [2.05, 4.69) is 20.5 Å². The number of hydrogen-bond acceptors (Lipinski definition) is 6. The lowest BCUT2D eigenvalue weighted by molar-refractivity contribution is -0.121. The Morgan fingerprint density at radius 2 is 2.07 bits per heavy atom. The minimum atomic E-state index is -0.117. The van der Waals surface area contributed by atoms with Crippen LogP contribution in [0.3, 0.4) is 0 Å². The highest BCUT2D eigenvalue weighted by Gasteiger charge is 2.29. The van der Waals surface area contributed by atoms with Gasteiger partial charge in [0.05, 0.1) is 12.8 Å². The number of methoxy groups -OCH3 is 1. The molecule has 0 unspecified atom stereocenters. The quantitative estimate of drug-likeness (QED) is 0.672. The molecule has 150 valence electrons. The molecule has 1 saturated heterocycles. The maximum absolute atomic E-state index is 12.8. The number of H-pyrrole nitrogens is 1. The monoisotopic (exact) mass is 411 g/mol. The molecule has 1 aromatic carbocycles. The molecule has 3 aromatic rings. The molecular weight excluding hydrogens is 390 g/mol. The number of rotatable bonds is 5. The van der Waals surface area contributed by atoms with Gasteiger partial charge in [0.1, 0.15) is 11.4 Å². The predicted molar refractivity (Wildman–Crippen MR) is 110 cm³/mol. The van der Waals surface area contributed by atoms with E-state index in [1.807, 2.05) is 29.6 Å². The Morgan fingerprint density at radius 3 is 2.79 bits per heavy atom. The highest BCUT2D eigenvalue weighted by Crippen LogP contribution is 2.29. The number of benzene rings is 1. The van der Waals surface area contributed by atoms with Crippen LogP contribution < -0.4 is 10.1 Å². The molecule has 4 rings (SSSR count). The van der Waals surface area contributed by atoms with E-state index in [0.29, 0.717) is 48.2 Å². The third kappa shape index (κ3) is 4.14. The molecule has 0 aliphatic carbocycles.